The van der Waals surface area contributed by atoms with Gasteiger partial charge in [0.1, 0.15) is 5.75 Å². The van der Waals surface area contributed by atoms with Crippen LogP contribution in [0, 0.1) is 0 Å². The number of aryl methyl sites for hydroxylation is 1. The molecule has 0 saturated carbocycles. The number of nitrogens with zero attached hydrogens (tertiary/aromatic N) is 1. The first-order valence-electron chi connectivity index (χ1n) is 8.99. The number of hydrogen-bond acceptors (Lipinski definition) is 3. The Morgan fingerprint density at radius 3 is 2.76 bits per heavy atom. The average Bonchev–Trinajstić information content (AvgIpc) is 3.07. The summed E-state index contributed by atoms with van der Waals surface area (Å²) in [5, 5.41) is 3.03. The maximum atomic E-state index is 12.0. The Morgan fingerprint density at radius 2 is 1.96 bits per heavy atom. The molecule has 0 atom stereocenters. The van der Waals surface area contributed by atoms with Gasteiger partial charge in [0.05, 0.1) is 7.11 Å². The van der Waals surface area contributed by atoms with Gasteiger partial charge in [-0.05, 0) is 48.6 Å². The van der Waals surface area contributed by atoms with Crippen LogP contribution in [0.5, 0.6) is 5.75 Å². The molecule has 1 N–H and O–H groups in total. The molecule has 3 rings (SSSR count). The number of carbonyl (C=O) groups is 1. The molecule has 132 valence electrons. The van der Waals surface area contributed by atoms with Crippen LogP contribution in [-0.2, 0) is 17.6 Å². The third-order valence-corrected chi connectivity index (χ3v) is 4.71. The van der Waals surface area contributed by atoms with Gasteiger partial charge in [-0.1, -0.05) is 30.3 Å². The molecule has 0 saturated heterocycles. The molecule has 0 unspecified atom stereocenters. The van der Waals surface area contributed by atoms with Gasteiger partial charge in [0, 0.05) is 31.7 Å². The van der Waals surface area contributed by atoms with Crippen molar-refractivity contribution in [2.75, 3.05) is 31.6 Å². The molecule has 1 aliphatic heterocycles. The fourth-order valence-electron chi connectivity index (χ4n) is 3.28. The fourth-order valence-corrected chi connectivity index (χ4v) is 3.28. The van der Waals surface area contributed by atoms with Crippen molar-refractivity contribution in [2.24, 2.45) is 0 Å². The lowest BCUT2D eigenvalue weighted by Crippen LogP contribution is -2.29. The minimum Gasteiger partial charge on any atom is -0.497 e. The maximum absolute atomic E-state index is 12.0. The van der Waals surface area contributed by atoms with E-state index in [1.54, 1.807) is 7.11 Å². The number of ether oxygens (including phenoxy) is 1. The highest BCUT2D eigenvalue weighted by Crippen LogP contribution is 2.27. The second-order valence-electron chi connectivity index (χ2n) is 6.42. The summed E-state index contributed by atoms with van der Waals surface area (Å²) in [5.74, 6) is 0.967. The van der Waals surface area contributed by atoms with Crippen LogP contribution in [0.4, 0.5) is 5.69 Å². The first-order valence-corrected chi connectivity index (χ1v) is 8.99. The number of hydrogen-bond donors (Lipinski definition) is 1. The first kappa shape index (κ1) is 17.3. The van der Waals surface area contributed by atoms with E-state index < -0.39 is 0 Å². The number of para-hydroxylation sites is 1. The first-order chi connectivity index (χ1) is 12.3. The van der Waals surface area contributed by atoms with E-state index in [1.165, 1.54) is 11.3 Å². The van der Waals surface area contributed by atoms with Crippen LogP contribution in [0.3, 0.4) is 0 Å². The number of fused-ring (bicyclic) bond motifs is 1. The van der Waals surface area contributed by atoms with Crippen molar-refractivity contribution >= 4 is 11.6 Å². The quantitative estimate of drug-likeness (QED) is 0.752. The van der Waals surface area contributed by atoms with Crippen molar-refractivity contribution in [3.05, 3.63) is 59.7 Å². The minimum atomic E-state index is 0.123. The summed E-state index contributed by atoms with van der Waals surface area (Å²) >= 11 is 0. The summed E-state index contributed by atoms with van der Waals surface area (Å²) in [6.45, 7) is 2.82. The van der Waals surface area contributed by atoms with Crippen LogP contribution in [0.15, 0.2) is 48.5 Å². The zero-order valence-electron chi connectivity index (χ0n) is 14.8. The molecule has 1 heterocycles. The predicted octanol–water partition coefficient (Wildman–Crippen LogP) is 3.20. The highest BCUT2D eigenvalue weighted by Gasteiger charge is 2.17. The molecule has 25 heavy (non-hydrogen) atoms. The van der Waals surface area contributed by atoms with Crippen molar-refractivity contribution in [3.63, 3.8) is 0 Å². The lowest BCUT2D eigenvalue weighted by molar-refractivity contribution is -0.121. The molecule has 1 aliphatic rings. The lowest BCUT2D eigenvalue weighted by atomic mass is 10.1. The van der Waals surface area contributed by atoms with Crippen molar-refractivity contribution in [2.45, 2.75) is 25.7 Å². The Labute approximate surface area is 149 Å². The topological polar surface area (TPSA) is 41.6 Å². The van der Waals surface area contributed by atoms with E-state index in [0.29, 0.717) is 6.42 Å². The van der Waals surface area contributed by atoms with Gasteiger partial charge < -0.3 is 15.0 Å². The van der Waals surface area contributed by atoms with Crippen molar-refractivity contribution in [1.29, 1.82) is 0 Å². The summed E-state index contributed by atoms with van der Waals surface area (Å²) in [6, 6.07) is 16.5. The Hall–Kier alpha value is -2.49. The number of benzene rings is 2. The third kappa shape index (κ3) is 4.75. The molecular formula is C21H26N2O2. The van der Waals surface area contributed by atoms with Crippen molar-refractivity contribution in [3.8, 4) is 5.75 Å². The van der Waals surface area contributed by atoms with Crippen LogP contribution in [0.2, 0.25) is 0 Å². The maximum Gasteiger partial charge on any atom is 0.220 e. The van der Waals surface area contributed by atoms with Gasteiger partial charge in [-0.2, -0.15) is 0 Å². The second kappa shape index (κ2) is 8.56. The molecule has 0 fully saturated rings. The van der Waals surface area contributed by atoms with Crippen LogP contribution in [0.1, 0.15) is 24.0 Å². The lowest BCUT2D eigenvalue weighted by Gasteiger charge is -2.19. The molecule has 2 aromatic rings. The number of amides is 1. The second-order valence-corrected chi connectivity index (χ2v) is 6.42. The molecule has 1 amide bonds. The molecule has 0 radical (unpaired) electrons. The van der Waals surface area contributed by atoms with Gasteiger partial charge >= 0.3 is 0 Å². The van der Waals surface area contributed by atoms with Crippen LogP contribution >= 0.6 is 0 Å². The Morgan fingerprint density at radius 1 is 1.16 bits per heavy atom. The van der Waals surface area contributed by atoms with E-state index in [2.05, 4.69) is 34.5 Å². The highest BCUT2D eigenvalue weighted by molar-refractivity contribution is 5.76. The Kier molecular flexibility index (Phi) is 5.94. The van der Waals surface area contributed by atoms with Gasteiger partial charge in [0.25, 0.3) is 0 Å². The normalized spacial score (nSPS) is 12.8. The number of carbonyl (C=O) groups excluding carboxylic acids is 1. The van der Waals surface area contributed by atoms with Gasteiger partial charge in [-0.15, -0.1) is 0 Å². The molecule has 0 aliphatic carbocycles. The number of anilines is 1. The molecular weight excluding hydrogens is 312 g/mol. The SMILES string of the molecule is COc1ccc(CCC(=O)NCCCN2CCc3ccccc32)cc1. The zero-order chi connectivity index (χ0) is 17.5. The largest absolute Gasteiger partial charge is 0.497 e. The third-order valence-electron chi connectivity index (χ3n) is 4.71. The minimum absolute atomic E-state index is 0.123. The molecule has 2 aromatic carbocycles. The van der Waals surface area contributed by atoms with Crippen LogP contribution in [0.25, 0.3) is 0 Å². The van der Waals surface area contributed by atoms with E-state index in [0.717, 1.165) is 50.2 Å². The highest BCUT2D eigenvalue weighted by atomic mass is 16.5. The molecule has 0 aromatic heterocycles. The molecule has 0 bridgehead atoms. The number of nitrogens with one attached hydrogen (secondary N) is 1. The van der Waals surface area contributed by atoms with E-state index in [4.69, 9.17) is 4.74 Å². The number of methoxy groups -OCH3 is 1. The summed E-state index contributed by atoms with van der Waals surface area (Å²) < 4.78 is 5.14. The Bertz CT molecular complexity index is 697. The summed E-state index contributed by atoms with van der Waals surface area (Å²) in [7, 11) is 1.66. The van der Waals surface area contributed by atoms with E-state index >= 15 is 0 Å². The molecule has 0 spiro atoms. The van der Waals surface area contributed by atoms with Crippen molar-refractivity contribution in [1.82, 2.24) is 5.32 Å². The van der Waals surface area contributed by atoms with Gasteiger partial charge in [-0.3, -0.25) is 4.79 Å². The van der Waals surface area contributed by atoms with Gasteiger partial charge in [-0.25, -0.2) is 0 Å². The summed E-state index contributed by atoms with van der Waals surface area (Å²) in [5.41, 5.74) is 3.95. The molecule has 4 nitrogen and oxygen atoms in total. The Balaban J connectivity index is 1.33. The molecule has 4 heteroatoms. The number of rotatable bonds is 8. The van der Waals surface area contributed by atoms with Crippen molar-refractivity contribution < 1.29 is 9.53 Å². The van der Waals surface area contributed by atoms with Gasteiger partial charge in [0.2, 0.25) is 5.91 Å². The smallest absolute Gasteiger partial charge is 0.220 e. The summed E-state index contributed by atoms with van der Waals surface area (Å²) in [6.07, 6.45) is 3.39. The monoisotopic (exact) mass is 338 g/mol. The summed E-state index contributed by atoms with van der Waals surface area (Å²) in [4.78, 5) is 14.4. The average molecular weight is 338 g/mol. The standard InChI is InChI=1S/C21H26N2O2/c1-25-19-10-7-17(8-11-19)9-12-21(24)22-14-4-15-23-16-13-18-5-2-3-6-20(18)23/h2-3,5-8,10-11H,4,9,12-16H2,1H3,(H,22,24). The van der Waals surface area contributed by atoms with Crippen LogP contribution < -0.4 is 15.0 Å². The van der Waals surface area contributed by atoms with Gasteiger partial charge in [0.15, 0.2) is 0 Å². The fraction of sp³-hybridized carbons (Fsp3) is 0.381. The van der Waals surface area contributed by atoms with E-state index in [-0.39, 0.29) is 5.91 Å². The van der Waals surface area contributed by atoms with E-state index in [1.807, 2.05) is 24.3 Å². The zero-order valence-corrected chi connectivity index (χ0v) is 14.8. The van der Waals surface area contributed by atoms with E-state index in [9.17, 15) is 4.79 Å². The van der Waals surface area contributed by atoms with Crippen LogP contribution in [-0.4, -0.2) is 32.7 Å². The predicted molar refractivity (Wildman–Crippen MR) is 101 cm³/mol.